The summed E-state index contributed by atoms with van der Waals surface area (Å²) >= 11 is 0. The van der Waals surface area contributed by atoms with E-state index < -0.39 is 11.7 Å². The molecular weight excluding hydrogens is 293 g/mol. The second-order valence-electron chi connectivity index (χ2n) is 5.95. The average molecular weight is 314 g/mol. The van der Waals surface area contributed by atoms with Crippen molar-refractivity contribution in [3.63, 3.8) is 0 Å². The molecule has 0 radical (unpaired) electrons. The number of carbonyl (C=O) groups is 1. The van der Waals surface area contributed by atoms with Crippen LogP contribution in [0.4, 0.5) is 13.2 Å². The summed E-state index contributed by atoms with van der Waals surface area (Å²) in [4.78, 5) is 13.2. The zero-order valence-electron chi connectivity index (χ0n) is 12.6. The Morgan fingerprint density at radius 1 is 1.27 bits per heavy atom. The minimum atomic E-state index is -4.30. The van der Waals surface area contributed by atoms with Crippen LogP contribution < -0.4 is 5.73 Å². The number of primary amides is 1. The van der Waals surface area contributed by atoms with E-state index in [0.717, 1.165) is 43.6 Å². The number of nitrogens with two attached hydrogens (primary N) is 1. The molecule has 1 aromatic rings. The lowest BCUT2D eigenvalue weighted by atomic mass is 9.91. The molecule has 2 rings (SSSR count). The van der Waals surface area contributed by atoms with Crippen molar-refractivity contribution in [2.75, 3.05) is 13.1 Å². The third-order valence-corrected chi connectivity index (χ3v) is 4.41. The molecule has 0 aliphatic carbocycles. The summed E-state index contributed by atoms with van der Waals surface area (Å²) in [6.45, 7) is 3.66. The Balaban J connectivity index is 1.95. The van der Waals surface area contributed by atoms with E-state index in [4.69, 9.17) is 5.73 Å². The maximum absolute atomic E-state index is 12.6. The van der Waals surface area contributed by atoms with Crippen molar-refractivity contribution in [3.05, 3.63) is 35.4 Å². The van der Waals surface area contributed by atoms with Gasteiger partial charge in [-0.15, -0.1) is 0 Å². The van der Waals surface area contributed by atoms with Crippen molar-refractivity contribution in [3.8, 4) is 0 Å². The highest BCUT2D eigenvalue weighted by Gasteiger charge is 2.30. The first-order valence-corrected chi connectivity index (χ1v) is 7.47. The zero-order valence-corrected chi connectivity index (χ0v) is 12.6. The van der Waals surface area contributed by atoms with Crippen molar-refractivity contribution in [2.24, 2.45) is 11.7 Å². The van der Waals surface area contributed by atoms with Gasteiger partial charge >= 0.3 is 6.18 Å². The number of hydrogen-bond acceptors (Lipinski definition) is 2. The summed E-state index contributed by atoms with van der Waals surface area (Å²) in [6, 6.07) is 5.42. The molecule has 1 fully saturated rings. The van der Waals surface area contributed by atoms with E-state index in [1.807, 2.05) is 6.92 Å². The Morgan fingerprint density at radius 3 is 2.27 bits per heavy atom. The molecule has 1 amide bonds. The molecule has 0 bridgehead atoms. The quantitative estimate of drug-likeness (QED) is 0.926. The Bertz CT molecular complexity index is 505. The summed E-state index contributed by atoms with van der Waals surface area (Å²) in [5, 5.41) is 0. The van der Waals surface area contributed by atoms with E-state index in [0.29, 0.717) is 12.3 Å². The molecule has 22 heavy (non-hydrogen) atoms. The van der Waals surface area contributed by atoms with Gasteiger partial charge in [-0.3, -0.25) is 9.69 Å². The molecule has 1 aliphatic rings. The molecular formula is C16H21F3N2O. The molecule has 0 spiro atoms. The predicted molar refractivity (Wildman–Crippen MR) is 78.0 cm³/mol. The molecule has 1 atom stereocenters. The van der Waals surface area contributed by atoms with E-state index in [-0.39, 0.29) is 11.9 Å². The lowest BCUT2D eigenvalue weighted by molar-refractivity contribution is -0.137. The van der Waals surface area contributed by atoms with Crippen LogP contribution in [-0.4, -0.2) is 23.9 Å². The Kier molecular flexibility index (Phi) is 5.11. The molecule has 1 aliphatic heterocycles. The molecule has 1 saturated heterocycles. The molecule has 2 N–H and O–H groups in total. The number of nitrogens with zero attached hydrogens (tertiary/aromatic N) is 1. The molecule has 1 aromatic carbocycles. The number of likely N-dealkylation sites (tertiary alicyclic amines) is 1. The summed E-state index contributed by atoms with van der Waals surface area (Å²) in [5.41, 5.74) is 5.47. The van der Waals surface area contributed by atoms with E-state index in [1.54, 1.807) is 12.1 Å². The van der Waals surface area contributed by atoms with Gasteiger partial charge in [-0.1, -0.05) is 12.1 Å². The van der Waals surface area contributed by atoms with Gasteiger partial charge in [0.15, 0.2) is 0 Å². The SMILES string of the molecule is CC(c1ccc(C(F)(F)F)cc1)N1CCC(CC(N)=O)CC1. The van der Waals surface area contributed by atoms with Crippen LogP contribution in [0.25, 0.3) is 0 Å². The fourth-order valence-electron chi connectivity index (χ4n) is 2.99. The Hall–Kier alpha value is -1.56. The van der Waals surface area contributed by atoms with Gasteiger partial charge in [-0.2, -0.15) is 13.2 Å². The standard InChI is InChI=1S/C16H21F3N2O/c1-11(13-2-4-14(5-3-13)16(17,18)19)21-8-6-12(7-9-21)10-15(20)22/h2-5,11-12H,6-10H2,1H3,(H2,20,22). The van der Waals surface area contributed by atoms with Gasteiger partial charge in [0.05, 0.1) is 5.56 Å². The highest BCUT2D eigenvalue weighted by Crippen LogP contribution is 2.32. The smallest absolute Gasteiger partial charge is 0.370 e. The second kappa shape index (κ2) is 6.69. The number of amides is 1. The largest absolute Gasteiger partial charge is 0.416 e. The monoisotopic (exact) mass is 314 g/mol. The second-order valence-corrected chi connectivity index (χ2v) is 5.95. The van der Waals surface area contributed by atoms with E-state index in [2.05, 4.69) is 4.90 Å². The van der Waals surface area contributed by atoms with Gasteiger partial charge in [0.2, 0.25) is 5.91 Å². The number of alkyl halides is 3. The third kappa shape index (κ3) is 4.22. The first-order chi connectivity index (χ1) is 10.3. The van der Waals surface area contributed by atoms with Gasteiger partial charge < -0.3 is 5.73 Å². The van der Waals surface area contributed by atoms with Crippen LogP contribution in [0.3, 0.4) is 0 Å². The van der Waals surface area contributed by atoms with E-state index >= 15 is 0 Å². The van der Waals surface area contributed by atoms with Crippen molar-refractivity contribution in [2.45, 2.75) is 38.4 Å². The van der Waals surface area contributed by atoms with Crippen LogP contribution in [0.1, 0.15) is 43.4 Å². The number of rotatable bonds is 4. The molecule has 0 saturated carbocycles. The zero-order chi connectivity index (χ0) is 16.3. The highest BCUT2D eigenvalue weighted by atomic mass is 19.4. The molecule has 1 heterocycles. The first kappa shape index (κ1) is 16.8. The molecule has 1 unspecified atom stereocenters. The van der Waals surface area contributed by atoms with Gasteiger partial charge in [0.25, 0.3) is 0 Å². The van der Waals surface area contributed by atoms with Gasteiger partial charge in [0.1, 0.15) is 0 Å². The summed E-state index contributed by atoms with van der Waals surface area (Å²) < 4.78 is 37.7. The van der Waals surface area contributed by atoms with Gasteiger partial charge in [-0.05, 0) is 56.5 Å². The van der Waals surface area contributed by atoms with Crippen molar-refractivity contribution < 1.29 is 18.0 Å². The maximum Gasteiger partial charge on any atom is 0.416 e. The summed E-state index contributed by atoms with van der Waals surface area (Å²) in [6.07, 6.45) is -2.08. The molecule has 6 heteroatoms. The van der Waals surface area contributed by atoms with Crippen LogP contribution in [0.5, 0.6) is 0 Å². The molecule has 3 nitrogen and oxygen atoms in total. The lowest BCUT2D eigenvalue weighted by Crippen LogP contribution is -2.36. The van der Waals surface area contributed by atoms with Crippen LogP contribution >= 0.6 is 0 Å². The summed E-state index contributed by atoms with van der Waals surface area (Å²) in [5.74, 6) is 0.0581. The number of carbonyl (C=O) groups excluding carboxylic acids is 1. The highest BCUT2D eigenvalue weighted by molar-refractivity contribution is 5.73. The number of benzene rings is 1. The fourth-order valence-corrected chi connectivity index (χ4v) is 2.99. The predicted octanol–water partition coefficient (Wildman–Crippen LogP) is 3.35. The fraction of sp³-hybridized carbons (Fsp3) is 0.562. The van der Waals surface area contributed by atoms with E-state index in [9.17, 15) is 18.0 Å². The first-order valence-electron chi connectivity index (χ1n) is 7.47. The maximum atomic E-state index is 12.6. The van der Waals surface area contributed by atoms with Crippen molar-refractivity contribution in [1.29, 1.82) is 0 Å². The normalized spacial score (nSPS) is 19.1. The lowest BCUT2D eigenvalue weighted by Gasteiger charge is -2.36. The average Bonchev–Trinajstić information content (AvgIpc) is 2.46. The van der Waals surface area contributed by atoms with Crippen LogP contribution in [0, 0.1) is 5.92 Å². The van der Waals surface area contributed by atoms with Crippen LogP contribution in [0.2, 0.25) is 0 Å². The number of piperidine rings is 1. The molecule has 122 valence electrons. The van der Waals surface area contributed by atoms with Crippen LogP contribution in [-0.2, 0) is 11.0 Å². The number of hydrogen-bond donors (Lipinski definition) is 1. The van der Waals surface area contributed by atoms with Crippen molar-refractivity contribution in [1.82, 2.24) is 4.90 Å². The Labute approximate surface area is 128 Å². The van der Waals surface area contributed by atoms with Crippen LogP contribution in [0.15, 0.2) is 24.3 Å². The minimum absolute atomic E-state index is 0.0665. The number of halogens is 3. The van der Waals surface area contributed by atoms with Gasteiger partial charge in [-0.25, -0.2) is 0 Å². The topological polar surface area (TPSA) is 46.3 Å². The van der Waals surface area contributed by atoms with Gasteiger partial charge in [0, 0.05) is 12.5 Å². The third-order valence-electron chi connectivity index (χ3n) is 4.41. The summed E-state index contributed by atoms with van der Waals surface area (Å²) in [7, 11) is 0. The molecule has 0 aromatic heterocycles. The Morgan fingerprint density at radius 2 is 1.82 bits per heavy atom. The van der Waals surface area contributed by atoms with E-state index in [1.165, 1.54) is 0 Å². The van der Waals surface area contributed by atoms with Crippen molar-refractivity contribution >= 4 is 5.91 Å². The minimum Gasteiger partial charge on any atom is -0.370 e.